The van der Waals surface area contributed by atoms with Gasteiger partial charge in [-0.2, -0.15) is 13.2 Å². The second kappa shape index (κ2) is 6.13. The summed E-state index contributed by atoms with van der Waals surface area (Å²) in [6.45, 7) is 2.52. The predicted molar refractivity (Wildman–Crippen MR) is 70.0 cm³/mol. The lowest BCUT2D eigenvalue weighted by Crippen LogP contribution is -2.19. The SMILES string of the molecule is CCC(NCc1ccc(C(F)(F)F)cc1)c1ccco1. The molecule has 1 atom stereocenters. The molecule has 0 radical (unpaired) electrons. The van der Waals surface area contributed by atoms with E-state index in [4.69, 9.17) is 4.42 Å². The van der Waals surface area contributed by atoms with Crippen LogP contribution >= 0.6 is 0 Å². The van der Waals surface area contributed by atoms with Crippen LogP contribution in [-0.4, -0.2) is 0 Å². The molecule has 1 N–H and O–H groups in total. The standard InChI is InChI=1S/C15H16F3NO/c1-2-13(14-4-3-9-20-14)19-10-11-5-7-12(8-6-11)15(16,17)18/h3-9,13,19H,2,10H2,1H3. The second-order valence-electron chi connectivity index (χ2n) is 4.55. The van der Waals surface area contributed by atoms with Crippen molar-refractivity contribution in [3.8, 4) is 0 Å². The van der Waals surface area contributed by atoms with Gasteiger partial charge in [0.1, 0.15) is 5.76 Å². The summed E-state index contributed by atoms with van der Waals surface area (Å²) in [5.41, 5.74) is 0.183. The van der Waals surface area contributed by atoms with E-state index in [1.807, 2.05) is 19.1 Å². The zero-order chi connectivity index (χ0) is 14.6. The fraction of sp³-hybridized carbons (Fsp3) is 0.333. The molecular formula is C15H16F3NO. The Bertz CT molecular complexity index is 517. The van der Waals surface area contributed by atoms with Crippen molar-refractivity contribution >= 4 is 0 Å². The summed E-state index contributed by atoms with van der Waals surface area (Å²) in [7, 11) is 0. The summed E-state index contributed by atoms with van der Waals surface area (Å²) < 4.78 is 42.7. The van der Waals surface area contributed by atoms with E-state index in [0.29, 0.717) is 6.54 Å². The highest BCUT2D eigenvalue weighted by Crippen LogP contribution is 2.29. The van der Waals surface area contributed by atoms with Crippen molar-refractivity contribution in [1.82, 2.24) is 5.32 Å². The number of furan rings is 1. The molecule has 0 spiro atoms. The number of hydrogen-bond donors (Lipinski definition) is 1. The third kappa shape index (κ3) is 3.63. The molecule has 0 aliphatic carbocycles. The lowest BCUT2D eigenvalue weighted by atomic mass is 10.1. The molecule has 0 fully saturated rings. The van der Waals surface area contributed by atoms with Crippen LogP contribution in [0.3, 0.4) is 0 Å². The molecule has 0 bridgehead atoms. The maximum Gasteiger partial charge on any atom is 0.416 e. The Morgan fingerprint density at radius 3 is 2.35 bits per heavy atom. The highest BCUT2D eigenvalue weighted by Gasteiger charge is 2.29. The van der Waals surface area contributed by atoms with Crippen LogP contribution < -0.4 is 5.32 Å². The minimum atomic E-state index is -4.29. The van der Waals surface area contributed by atoms with Gasteiger partial charge in [0.2, 0.25) is 0 Å². The number of hydrogen-bond acceptors (Lipinski definition) is 2. The van der Waals surface area contributed by atoms with Crippen LogP contribution in [0.15, 0.2) is 47.1 Å². The van der Waals surface area contributed by atoms with E-state index in [1.54, 1.807) is 6.26 Å². The quantitative estimate of drug-likeness (QED) is 0.871. The maximum atomic E-state index is 12.4. The molecule has 2 rings (SSSR count). The van der Waals surface area contributed by atoms with Gasteiger partial charge in [-0.3, -0.25) is 0 Å². The third-order valence-corrected chi connectivity index (χ3v) is 3.13. The Morgan fingerprint density at radius 2 is 1.85 bits per heavy atom. The Balaban J connectivity index is 1.97. The van der Waals surface area contributed by atoms with Gasteiger partial charge in [-0.1, -0.05) is 19.1 Å². The van der Waals surface area contributed by atoms with Crippen LogP contribution in [0.5, 0.6) is 0 Å². The number of benzene rings is 1. The third-order valence-electron chi connectivity index (χ3n) is 3.13. The van der Waals surface area contributed by atoms with Crippen LogP contribution in [0.4, 0.5) is 13.2 Å². The van der Waals surface area contributed by atoms with E-state index in [2.05, 4.69) is 5.32 Å². The van der Waals surface area contributed by atoms with Gasteiger partial charge in [-0.25, -0.2) is 0 Å². The molecule has 5 heteroatoms. The highest BCUT2D eigenvalue weighted by atomic mass is 19.4. The summed E-state index contributed by atoms with van der Waals surface area (Å²) in [5, 5.41) is 3.27. The topological polar surface area (TPSA) is 25.2 Å². The van der Waals surface area contributed by atoms with Crippen molar-refractivity contribution in [2.24, 2.45) is 0 Å². The normalized spacial score (nSPS) is 13.4. The number of rotatable bonds is 5. The molecule has 0 aliphatic rings. The van der Waals surface area contributed by atoms with Gasteiger partial charge in [-0.05, 0) is 36.2 Å². The maximum absolute atomic E-state index is 12.4. The molecule has 1 aromatic carbocycles. The fourth-order valence-electron chi connectivity index (χ4n) is 1.99. The molecule has 1 aromatic heterocycles. The Morgan fingerprint density at radius 1 is 1.15 bits per heavy atom. The summed E-state index contributed by atoms with van der Waals surface area (Å²) in [4.78, 5) is 0. The van der Waals surface area contributed by atoms with Crippen LogP contribution in [0.1, 0.15) is 36.3 Å². The van der Waals surface area contributed by atoms with Crippen LogP contribution in [0.25, 0.3) is 0 Å². The lowest BCUT2D eigenvalue weighted by molar-refractivity contribution is -0.137. The van der Waals surface area contributed by atoms with Crippen molar-refractivity contribution in [3.63, 3.8) is 0 Å². The Hall–Kier alpha value is -1.75. The molecule has 0 amide bonds. The molecule has 0 aliphatic heterocycles. The summed E-state index contributed by atoms with van der Waals surface area (Å²) >= 11 is 0. The molecule has 1 heterocycles. The summed E-state index contributed by atoms with van der Waals surface area (Å²) in [5.74, 6) is 0.833. The van der Waals surface area contributed by atoms with E-state index < -0.39 is 11.7 Å². The first-order valence-electron chi connectivity index (χ1n) is 6.43. The van der Waals surface area contributed by atoms with Gasteiger partial charge < -0.3 is 9.73 Å². The average Bonchev–Trinajstić information content (AvgIpc) is 2.93. The first-order valence-corrected chi connectivity index (χ1v) is 6.43. The van der Waals surface area contributed by atoms with Gasteiger partial charge >= 0.3 is 6.18 Å². The fourth-order valence-corrected chi connectivity index (χ4v) is 1.99. The number of nitrogens with one attached hydrogen (secondary N) is 1. The average molecular weight is 283 g/mol. The summed E-state index contributed by atoms with van der Waals surface area (Å²) in [6, 6.07) is 8.95. The van der Waals surface area contributed by atoms with Gasteiger partial charge in [0.25, 0.3) is 0 Å². The Labute approximate surface area is 115 Å². The molecule has 0 saturated heterocycles. The molecule has 2 aromatic rings. The van der Waals surface area contributed by atoms with Gasteiger partial charge in [-0.15, -0.1) is 0 Å². The molecule has 0 saturated carbocycles. The zero-order valence-electron chi connectivity index (χ0n) is 11.1. The predicted octanol–water partition coefficient (Wildman–Crippen LogP) is 4.54. The van der Waals surface area contributed by atoms with Crippen molar-refractivity contribution < 1.29 is 17.6 Å². The molecule has 20 heavy (non-hydrogen) atoms. The first kappa shape index (κ1) is 14.7. The van der Waals surface area contributed by atoms with Gasteiger partial charge in [0, 0.05) is 6.54 Å². The molecule has 1 unspecified atom stereocenters. The number of halogens is 3. The zero-order valence-corrected chi connectivity index (χ0v) is 11.1. The van der Waals surface area contributed by atoms with Crippen LogP contribution in [0.2, 0.25) is 0 Å². The van der Waals surface area contributed by atoms with Crippen molar-refractivity contribution in [2.75, 3.05) is 0 Å². The largest absolute Gasteiger partial charge is 0.468 e. The van der Waals surface area contributed by atoms with Gasteiger partial charge in [0.15, 0.2) is 0 Å². The van der Waals surface area contributed by atoms with E-state index >= 15 is 0 Å². The lowest BCUT2D eigenvalue weighted by Gasteiger charge is -2.15. The van der Waals surface area contributed by atoms with Crippen molar-refractivity contribution in [2.45, 2.75) is 32.1 Å². The van der Waals surface area contributed by atoms with Gasteiger partial charge in [0.05, 0.1) is 17.9 Å². The first-order chi connectivity index (χ1) is 9.50. The van der Waals surface area contributed by atoms with E-state index in [9.17, 15) is 13.2 Å². The second-order valence-corrected chi connectivity index (χ2v) is 4.55. The van der Waals surface area contributed by atoms with E-state index in [1.165, 1.54) is 12.1 Å². The highest BCUT2D eigenvalue weighted by molar-refractivity contribution is 5.24. The minimum Gasteiger partial charge on any atom is -0.468 e. The van der Waals surface area contributed by atoms with E-state index in [0.717, 1.165) is 29.9 Å². The monoisotopic (exact) mass is 283 g/mol. The Kier molecular flexibility index (Phi) is 4.49. The summed E-state index contributed by atoms with van der Waals surface area (Å²) in [6.07, 6.45) is -1.84. The molecule has 2 nitrogen and oxygen atoms in total. The minimum absolute atomic E-state index is 0.0623. The van der Waals surface area contributed by atoms with Crippen LogP contribution in [0, 0.1) is 0 Å². The van der Waals surface area contributed by atoms with E-state index in [-0.39, 0.29) is 6.04 Å². The molecule has 108 valence electrons. The smallest absolute Gasteiger partial charge is 0.416 e. The van der Waals surface area contributed by atoms with Crippen molar-refractivity contribution in [3.05, 3.63) is 59.5 Å². The van der Waals surface area contributed by atoms with Crippen molar-refractivity contribution in [1.29, 1.82) is 0 Å². The molecular weight excluding hydrogens is 267 g/mol. The number of alkyl halides is 3. The van der Waals surface area contributed by atoms with Crippen LogP contribution in [-0.2, 0) is 12.7 Å².